The molecule has 0 N–H and O–H groups in total. The Hall–Kier alpha value is -1.45. The Bertz CT molecular complexity index is 1090. The summed E-state index contributed by atoms with van der Waals surface area (Å²) < 4.78 is 37.5. The summed E-state index contributed by atoms with van der Waals surface area (Å²) >= 11 is 2.17. The molecule has 5 nitrogen and oxygen atoms in total. The predicted molar refractivity (Wildman–Crippen MR) is 126 cm³/mol. The van der Waals surface area contributed by atoms with Gasteiger partial charge in [-0.3, -0.25) is 0 Å². The summed E-state index contributed by atoms with van der Waals surface area (Å²) in [5, 5.41) is 4.59. The number of benzene rings is 1. The first kappa shape index (κ1) is 17.4. The summed E-state index contributed by atoms with van der Waals surface area (Å²) in [5.41, 5.74) is 3.89. The number of methoxy groups -OCH3 is 1. The van der Waals surface area contributed by atoms with E-state index < -0.39 is 14.9 Å². The van der Waals surface area contributed by atoms with Crippen molar-refractivity contribution in [3.05, 3.63) is 39.1 Å². The van der Waals surface area contributed by atoms with Gasteiger partial charge in [-0.1, -0.05) is 37.8 Å². The van der Waals surface area contributed by atoms with Gasteiger partial charge in [0, 0.05) is 30.4 Å². The van der Waals surface area contributed by atoms with Gasteiger partial charge in [0.15, 0.2) is 0 Å². The Morgan fingerprint density at radius 1 is 1.29 bits per heavy atom. The third-order valence-electron chi connectivity index (χ3n) is 4.67. The highest BCUT2D eigenvalue weighted by atomic mass is 127. The summed E-state index contributed by atoms with van der Waals surface area (Å²) in [5.74, 6) is 0.568. The highest BCUT2D eigenvalue weighted by Gasteiger charge is 2.18. The average molecular weight is 512 g/mol. The summed E-state index contributed by atoms with van der Waals surface area (Å²) in [6.07, 6.45) is 0. The molecule has 0 amide bonds. The maximum Gasteiger partial charge on any atom is 0.149 e. The Balaban J connectivity index is 2.02. The fourth-order valence-corrected chi connectivity index (χ4v) is 4.32. The molecular weight excluding hydrogens is 481 g/mol. The van der Waals surface area contributed by atoms with Crippen LogP contribution in [0.4, 0.5) is 0 Å². The van der Waals surface area contributed by atoms with Crippen LogP contribution < -0.4 is 4.74 Å². The van der Waals surface area contributed by atoms with Crippen molar-refractivity contribution in [1.29, 1.82) is 0 Å². The fraction of sp³-hybridized carbons (Fsp3) is 0.429. The number of nitrogens with zero attached hydrogens (tertiary/aromatic N) is 3. The van der Waals surface area contributed by atoms with Crippen molar-refractivity contribution in [2.75, 3.05) is 13.7 Å². The number of rotatable bonds is 7. The molecule has 3 rings (SSSR count). The van der Waals surface area contributed by atoms with E-state index in [-0.39, 0.29) is 0 Å². The van der Waals surface area contributed by atoms with E-state index in [0.29, 0.717) is 35.9 Å². The van der Waals surface area contributed by atoms with E-state index in [1.54, 1.807) is 23.9 Å². The van der Waals surface area contributed by atoms with Gasteiger partial charge in [-0.05, 0) is 53.5 Å². The van der Waals surface area contributed by atoms with E-state index in [9.17, 15) is 0 Å². The van der Waals surface area contributed by atoms with E-state index in [1.807, 2.05) is 19.1 Å². The molecule has 0 radical (unpaired) electrons. The molecule has 3 aromatic rings. The minimum Gasteiger partial charge on any atom is -0.494 e. The number of aromatic nitrogens is 3. The second-order valence-corrected chi connectivity index (χ2v) is 14.7. The second-order valence-electron chi connectivity index (χ2n) is 8.02. The molecule has 0 saturated heterocycles. The number of ether oxygens (including phenoxy) is 2. The third-order valence-corrected chi connectivity index (χ3v) is 7.10. The topological polar surface area (TPSA) is 49.2 Å². The quantitative estimate of drug-likeness (QED) is 0.234. The van der Waals surface area contributed by atoms with E-state index in [2.05, 4.69) is 47.3 Å². The third kappa shape index (κ3) is 4.57. The molecule has 2 aromatic heterocycles. The van der Waals surface area contributed by atoms with Crippen LogP contribution >= 0.6 is 22.6 Å². The van der Waals surface area contributed by atoms with Crippen molar-refractivity contribution in [3.8, 4) is 17.0 Å². The molecule has 2 heterocycles. The number of hydrogen-bond donors (Lipinski definition) is 0. The fourth-order valence-electron chi connectivity index (χ4n) is 2.91. The Labute approximate surface area is 185 Å². The van der Waals surface area contributed by atoms with Crippen LogP contribution in [0.25, 0.3) is 22.3 Å². The lowest BCUT2D eigenvalue weighted by Crippen LogP contribution is -2.22. The maximum absolute atomic E-state index is 7.81. The summed E-state index contributed by atoms with van der Waals surface area (Å²) in [6.45, 7) is 7.64. The van der Waals surface area contributed by atoms with Crippen LogP contribution in [0.1, 0.15) is 15.2 Å². The lowest BCUT2D eigenvalue weighted by atomic mass is 10.00. The zero-order valence-electron chi connectivity index (χ0n) is 20.0. The van der Waals surface area contributed by atoms with Gasteiger partial charge in [-0.2, -0.15) is 5.10 Å². The Morgan fingerprint density at radius 2 is 2.07 bits per heavy atom. The van der Waals surface area contributed by atoms with Gasteiger partial charge in [0.25, 0.3) is 0 Å². The van der Waals surface area contributed by atoms with Gasteiger partial charge >= 0.3 is 0 Å². The standard InChI is InChI=1S/C21H28IN3O2Si/c1-14-8-7-9-16(15(14)2)19-18(26-3)12-17-20(23-19)21(22)24-25(17)13-27-10-11-28(4,5)6/h7-9,12H,10-11,13H2,1-6H3/i1D3. The van der Waals surface area contributed by atoms with E-state index in [1.165, 1.54) is 0 Å². The lowest BCUT2D eigenvalue weighted by Gasteiger charge is -2.15. The van der Waals surface area contributed by atoms with Crippen molar-refractivity contribution in [2.45, 2.75) is 46.2 Å². The van der Waals surface area contributed by atoms with Crippen LogP contribution in [0, 0.1) is 17.5 Å². The van der Waals surface area contributed by atoms with E-state index in [0.717, 1.165) is 26.3 Å². The number of halogens is 1. The molecule has 0 atom stereocenters. The molecule has 0 aliphatic rings. The van der Waals surface area contributed by atoms with Crippen LogP contribution in [-0.2, 0) is 11.5 Å². The zero-order valence-corrected chi connectivity index (χ0v) is 20.1. The average Bonchev–Trinajstić information content (AvgIpc) is 2.97. The second kappa shape index (κ2) is 8.50. The van der Waals surface area contributed by atoms with Gasteiger partial charge in [0.05, 0.1) is 12.6 Å². The number of fused-ring (bicyclic) bond motifs is 1. The minimum absolute atomic E-state index is 0.315. The first-order valence-electron chi connectivity index (χ1n) is 10.7. The summed E-state index contributed by atoms with van der Waals surface area (Å²) in [6, 6.07) is 8.24. The molecule has 28 heavy (non-hydrogen) atoms. The predicted octanol–water partition coefficient (Wildman–Crippen LogP) is 5.64. The Morgan fingerprint density at radius 3 is 2.75 bits per heavy atom. The van der Waals surface area contributed by atoms with Crippen LogP contribution in [0.15, 0.2) is 24.3 Å². The summed E-state index contributed by atoms with van der Waals surface area (Å²) in [4.78, 5) is 4.84. The SMILES string of the molecule is [2H]C([2H])([2H])c1cccc(-c2nc3c(I)nn(COCC[Si](C)(C)C)c3cc2OC)c1C. The van der Waals surface area contributed by atoms with Crippen LogP contribution in [0.2, 0.25) is 25.7 Å². The van der Waals surface area contributed by atoms with Gasteiger partial charge in [-0.25, -0.2) is 9.67 Å². The molecule has 0 bridgehead atoms. The van der Waals surface area contributed by atoms with Crippen LogP contribution in [0.5, 0.6) is 5.75 Å². The highest BCUT2D eigenvalue weighted by Crippen LogP contribution is 2.35. The first-order chi connectivity index (χ1) is 14.4. The normalized spacial score (nSPS) is 14.0. The molecule has 0 spiro atoms. The largest absolute Gasteiger partial charge is 0.494 e. The van der Waals surface area contributed by atoms with Crippen molar-refractivity contribution < 1.29 is 13.6 Å². The van der Waals surface area contributed by atoms with Gasteiger partial charge in [0.1, 0.15) is 27.4 Å². The van der Waals surface area contributed by atoms with Crippen molar-refractivity contribution in [2.24, 2.45) is 0 Å². The molecule has 0 unspecified atom stereocenters. The zero-order chi connectivity index (χ0) is 23.0. The Kier molecular flexibility index (Phi) is 5.29. The molecule has 1 aromatic carbocycles. The molecular formula is C21H28IN3O2Si. The monoisotopic (exact) mass is 512 g/mol. The van der Waals surface area contributed by atoms with Crippen LogP contribution in [0.3, 0.4) is 0 Å². The van der Waals surface area contributed by atoms with Crippen LogP contribution in [-0.4, -0.2) is 36.6 Å². The maximum atomic E-state index is 7.81. The number of aryl methyl sites for hydroxylation is 1. The van der Waals surface area contributed by atoms with Crippen molar-refractivity contribution in [3.63, 3.8) is 0 Å². The van der Waals surface area contributed by atoms with Gasteiger partial charge in [0.2, 0.25) is 0 Å². The van der Waals surface area contributed by atoms with E-state index >= 15 is 0 Å². The molecule has 0 fully saturated rings. The molecule has 0 aliphatic heterocycles. The minimum atomic E-state index is -2.19. The molecule has 150 valence electrons. The number of pyridine rings is 1. The first-order valence-corrected chi connectivity index (χ1v) is 14.0. The van der Waals surface area contributed by atoms with E-state index in [4.69, 9.17) is 18.6 Å². The summed E-state index contributed by atoms with van der Waals surface area (Å²) in [7, 11) is 0.433. The van der Waals surface area contributed by atoms with Gasteiger partial charge < -0.3 is 9.47 Å². The highest BCUT2D eigenvalue weighted by molar-refractivity contribution is 14.1. The molecule has 0 saturated carbocycles. The van der Waals surface area contributed by atoms with Crippen molar-refractivity contribution >= 4 is 41.7 Å². The smallest absolute Gasteiger partial charge is 0.149 e. The molecule has 0 aliphatic carbocycles. The lowest BCUT2D eigenvalue weighted by molar-refractivity contribution is 0.0814. The van der Waals surface area contributed by atoms with Crippen molar-refractivity contribution in [1.82, 2.24) is 14.8 Å². The molecule has 7 heteroatoms. The number of hydrogen-bond acceptors (Lipinski definition) is 4. The van der Waals surface area contributed by atoms with Gasteiger partial charge in [-0.15, -0.1) is 0 Å².